The average molecular weight is 265 g/mol. The molecule has 0 unspecified atom stereocenters. The highest BCUT2D eigenvalue weighted by atomic mass is 16.2. The minimum Gasteiger partial charge on any atom is -0.286 e. The van der Waals surface area contributed by atoms with Crippen molar-refractivity contribution in [1.29, 1.82) is 5.26 Å². The van der Waals surface area contributed by atoms with Gasteiger partial charge >= 0.3 is 0 Å². The Labute approximate surface area is 118 Å². The molecule has 0 fully saturated rings. The maximum atomic E-state index is 12.0. The Morgan fingerprint density at radius 3 is 2.40 bits per heavy atom. The summed E-state index contributed by atoms with van der Waals surface area (Å²) in [5.74, 6) is -0.951. The van der Waals surface area contributed by atoms with Crippen LogP contribution in [0.1, 0.15) is 31.9 Å². The molecular weight excluding hydrogens is 250 g/mol. The molecule has 1 aliphatic carbocycles. The Balaban J connectivity index is 2.54. The first kappa shape index (κ1) is 14.0. The number of allylic oxidation sites excluding steroid dienone is 4. The van der Waals surface area contributed by atoms with E-state index in [0.717, 1.165) is 5.56 Å². The van der Waals surface area contributed by atoms with Gasteiger partial charge in [-0.1, -0.05) is 32.9 Å². The van der Waals surface area contributed by atoms with Gasteiger partial charge in [0.25, 0.3) is 0 Å². The summed E-state index contributed by atoms with van der Waals surface area (Å²) in [4.78, 5) is 23.8. The highest BCUT2D eigenvalue weighted by Crippen LogP contribution is 2.32. The molecule has 1 aliphatic rings. The van der Waals surface area contributed by atoms with Gasteiger partial charge < -0.3 is 0 Å². The fraction of sp³-hybridized carbons (Fsp3) is 0.235. The van der Waals surface area contributed by atoms with Crippen LogP contribution in [0.15, 0.2) is 42.0 Å². The number of benzene rings is 1. The maximum absolute atomic E-state index is 12.0. The largest absolute Gasteiger partial charge is 0.286 e. The quantitative estimate of drug-likeness (QED) is 0.579. The van der Waals surface area contributed by atoms with E-state index in [1.54, 1.807) is 24.3 Å². The minimum absolute atomic E-state index is 0.390. The molecule has 0 bridgehead atoms. The van der Waals surface area contributed by atoms with Crippen LogP contribution in [0.2, 0.25) is 0 Å². The van der Waals surface area contributed by atoms with E-state index in [0.29, 0.717) is 16.7 Å². The zero-order valence-corrected chi connectivity index (χ0v) is 11.7. The van der Waals surface area contributed by atoms with E-state index in [4.69, 9.17) is 5.26 Å². The van der Waals surface area contributed by atoms with Crippen molar-refractivity contribution in [1.82, 2.24) is 0 Å². The van der Waals surface area contributed by atoms with E-state index in [-0.39, 0.29) is 5.41 Å². The molecule has 0 radical (unpaired) electrons. The molecule has 0 saturated heterocycles. The summed E-state index contributed by atoms with van der Waals surface area (Å²) in [6, 6.07) is 9.07. The lowest BCUT2D eigenvalue weighted by molar-refractivity contribution is -0.132. The van der Waals surface area contributed by atoms with Crippen molar-refractivity contribution in [3.8, 4) is 6.07 Å². The van der Waals surface area contributed by atoms with E-state index in [1.807, 2.05) is 26.8 Å². The normalized spacial score (nSPS) is 15.5. The molecule has 20 heavy (non-hydrogen) atoms. The number of carbonyl (C=O) groups is 2. The molecule has 3 nitrogen and oxygen atoms in total. The predicted octanol–water partition coefficient (Wildman–Crippen LogP) is 3.07. The lowest BCUT2D eigenvalue weighted by atomic mass is 9.78. The SMILES string of the molecule is CC(C)(C)C1=CC(c2cccc(C#N)c2)=CC(=O)C1=O. The number of Topliss-reactive ketones (excluding diaryl/α,β-unsaturated/α-hetero) is 1. The number of rotatable bonds is 1. The Bertz CT molecular complexity index is 694. The van der Waals surface area contributed by atoms with Crippen molar-refractivity contribution >= 4 is 17.1 Å². The lowest BCUT2D eigenvalue weighted by Crippen LogP contribution is -2.26. The van der Waals surface area contributed by atoms with Gasteiger partial charge in [0, 0.05) is 5.57 Å². The molecule has 0 atom stereocenters. The zero-order valence-electron chi connectivity index (χ0n) is 11.7. The molecule has 3 heteroatoms. The second kappa shape index (κ2) is 4.90. The molecule has 2 rings (SSSR count). The summed E-state index contributed by atoms with van der Waals surface area (Å²) in [5.41, 5.74) is 2.09. The molecule has 0 aromatic heterocycles. The topological polar surface area (TPSA) is 57.9 Å². The molecule has 0 heterocycles. The van der Waals surface area contributed by atoms with Crippen LogP contribution < -0.4 is 0 Å². The van der Waals surface area contributed by atoms with E-state index in [2.05, 4.69) is 6.07 Å². The van der Waals surface area contributed by atoms with Crippen LogP contribution in [-0.2, 0) is 9.59 Å². The average Bonchev–Trinajstić information content (AvgIpc) is 2.40. The fourth-order valence-corrected chi connectivity index (χ4v) is 2.09. The first-order valence-electron chi connectivity index (χ1n) is 6.36. The smallest absolute Gasteiger partial charge is 0.229 e. The molecule has 100 valence electrons. The minimum atomic E-state index is -0.505. The highest BCUT2D eigenvalue weighted by molar-refractivity contribution is 6.50. The number of ketones is 2. The molecule has 0 amide bonds. The van der Waals surface area contributed by atoms with Crippen LogP contribution >= 0.6 is 0 Å². The third-order valence-electron chi connectivity index (χ3n) is 3.19. The molecule has 0 aliphatic heterocycles. The van der Waals surface area contributed by atoms with Crippen LogP contribution in [0.5, 0.6) is 0 Å². The summed E-state index contributed by atoms with van der Waals surface area (Å²) in [6.07, 6.45) is 3.09. The first-order valence-corrected chi connectivity index (χ1v) is 6.36. The number of carbonyl (C=O) groups excluding carboxylic acids is 2. The van der Waals surface area contributed by atoms with Crippen LogP contribution in [0, 0.1) is 16.7 Å². The lowest BCUT2D eigenvalue weighted by Gasteiger charge is -2.24. The van der Waals surface area contributed by atoms with Gasteiger partial charge in [0.15, 0.2) is 0 Å². The van der Waals surface area contributed by atoms with Gasteiger partial charge in [-0.25, -0.2) is 0 Å². The van der Waals surface area contributed by atoms with Crippen molar-refractivity contribution in [2.45, 2.75) is 20.8 Å². The Morgan fingerprint density at radius 1 is 1.10 bits per heavy atom. The Hall–Kier alpha value is -2.47. The zero-order chi connectivity index (χ0) is 14.9. The monoisotopic (exact) mass is 265 g/mol. The van der Waals surface area contributed by atoms with Crippen LogP contribution in [0.25, 0.3) is 5.57 Å². The molecule has 0 N–H and O–H groups in total. The number of hydrogen-bond donors (Lipinski definition) is 0. The third-order valence-corrected chi connectivity index (χ3v) is 3.19. The second-order valence-corrected chi connectivity index (χ2v) is 5.79. The molecule has 1 aromatic rings. The van der Waals surface area contributed by atoms with Gasteiger partial charge in [-0.15, -0.1) is 0 Å². The predicted molar refractivity (Wildman–Crippen MR) is 76.7 cm³/mol. The molecular formula is C17H15NO2. The van der Waals surface area contributed by atoms with Crippen LogP contribution in [0.3, 0.4) is 0 Å². The standard InChI is InChI=1S/C17H15NO2/c1-17(2,3)14-8-13(9-15(19)16(14)20)12-6-4-5-11(7-12)10-18/h4-9H,1-3H3. The number of hydrogen-bond acceptors (Lipinski definition) is 3. The van der Waals surface area contributed by atoms with Crippen molar-refractivity contribution in [2.24, 2.45) is 5.41 Å². The van der Waals surface area contributed by atoms with E-state index >= 15 is 0 Å². The first-order chi connectivity index (χ1) is 9.32. The van der Waals surface area contributed by atoms with Crippen molar-refractivity contribution < 1.29 is 9.59 Å². The number of nitriles is 1. The Morgan fingerprint density at radius 2 is 1.80 bits per heavy atom. The van der Waals surface area contributed by atoms with E-state index < -0.39 is 11.6 Å². The van der Waals surface area contributed by atoms with Gasteiger partial charge in [0.2, 0.25) is 11.6 Å². The van der Waals surface area contributed by atoms with Crippen LogP contribution in [0.4, 0.5) is 0 Å². The summed E-state index contributed by atoms with van der Waals surface area (Å²) in [6.45, 7) is 5.70. The highest BCUT2D eigenvalue weighted by Gasteiger charge is 2.30. The maximum Gasteiger partial charge on any atom is 0.229 e. The van der Waals surface area contributed by atoms with Gasteiger partial charge in [-0.3, -0.25) is 9.59 Å². The molecule has 0 saturated carbocycles. The van der Waals surface area contributed by atoms with Gasteiger partial charge in [-0.05, 0) is 40.8 Å². The van der Waals surface area contributed by atoms with Gasteiger partial charge in [0.05, 0.1) is 11.6 Å². The second-order valence-electron chi connectivity index (χ2n) is 5.79. The Kier molecular flexibility index (Phi) is 3.42. The summed E-state index contributed by atoms with van der Waals surface area (Å²) < 4.78 is 0. The molecule has 1 aromatic carbocycles. The summed E-state index contributed by atoms with van der Waals surface area (Å²) in [5, 5.41) is 8.93. The third kappa shape index (κ3) is 2.60. The van der Waals surface area contributed by atoms with Crippen molar-refractivity contribution in [3.05, 3.63) is 53.1 Å². The van der Waals surface area contributed by atoms with Crippen molar-refractivity contribution in [2.75, 3.05) is 0 Å². The van der Waals surface area contributed by atoms with Gasteiger partial charge in [-0.2, -0.15) is 5.26 Å². The van der Waals surface area contributed by atoms with Gasteiger partial charge in [0.1, 0.15) is 0 Å². The fourth-order valence-electron chi connectivity index (χ4n) is 2.09. The van der Waals surface area contributed by atoms with E-state index in [9.17, 15) is 9.59 Å². The number of nitrogens with zero attached hydrogens (tertiary/aromatic N) is 1. The summed E-state index contributed by atoms with van der Waals surface area (Å²) in [7, 11) is 0. The molecule has 0 spiro atoms. The van der Waals surface area contributed by atoms with Crippen molar-refractivity contribution in [3.63, 3.8) is 0 Å². The van der Waals surface area contributed by atoms with Crippen LogP contribution in [-0.4, -0.2) is 11.6 Å². The summed E-state index contributed by atoms with van der Waals surface area (Å²) >= 11 is 0. The van der Waals surface area contributed by atoms with E-state index in [1.165, 1.54) is 6.08 Å².